The summed E-state index contributed by atoms with van der Waals surface area (Å²) < 4.78 is 2.03. The molecule has 6 heteroatoms. The minimum atomic E-state index is -0.358. The lowest BCUT2D eigenvalue weighted by atomic mass is 10.1. The molecule has 0 fully saturated rings. The number of para-hydroxylation sites is 2. The van der Waals surface area contributed by atoms with E-state index in [4.69, 9.17) is 4.98 Å². The van der Waals surface area contributed by atoms with E-state index in [9.17, 15) is 4.79 Å². The van der Waals surface area contributed by atoms with Crippen molar-refractivity contribution in [3.63, 3.8) is 0 Å². The largest absolute Gasteiger partial charge is 0.337 e. The molecule has 4 rings (SSSR count). The van der Waals surface area contributed by atoms with Crippen LogP contribution in [0.2, 0.25) is 0 Å². The van der Waals surface area contributed by atoms with Crippen molar-refractivity contribution in [1.82, 2.24) is 19.9 Å². The quantitative estimate of drug-likeness (QED) is 0.600. The summed E-state index contributed by atoms with van der Waals surface area (Å²) in [6.07, 6.45) is 0. The van der Waals surface area contributed by atoms with Gasteiger partial charge < -0.3 is 9.88 Å². The minimum absolute atomic E-state index is 0.199. The van der Waals surface area contributed by atoms with Crippen LogP contribution in [0.4, 0.5) is 0 Å². The minimum Gasteiger partial charge on any atom is -0.337 e. The maximum atomic E-state index is 12.7. The number of hydrogen-bond acceptors (Lipinski definition) is 4. The van der Waals surface area contributed by atoms with Crippen molar-refractivity contribution in [2.24, 2.45) is 7.05 Å². The van der Waals surface area contributed by atoms with Crippen LogP contribution in [0.5, 0.6) is 0 Å². The van der Waals surface area contributed by atoms with E-state index in [0.29, 0.717) is 5.69 Å². The first-order valence-corrected chi connectivity index (χ1v) is 9.21. The van der Waals surface area contributed by atoms with E-state index in [1.54, 1.807) is 5.38 Å². The molecular formula is C20H18N4OS. The molecule has 2 aromatic carbocycles. The van der Waals surface area contributed by atoms with E-state index >= 15 is 0 Å². The first-order valence-electron chi connectivity index (χ1n) is 8.33. The van der Waals surface area contributed by atoms with Gasteiger partial charge in [-0.15, -0.1) is 11.3 Å². The van der Waals surface area contributed by atoms with Crippen LogP contribution in [-0.4, -0.2) is 20.4 Å². The number of carbonyl (C=O) groups is 1. The lowest BCUT2D eigenvalue weighted by Crippen LogP contribution is -2.31. The van der Waals surface area contributed by atoms with Crippen molar-refractivity contribution in [3.8, 4) is 0 Å². The number of carbonyl (C=O) groups excluding carboxylic acids is 1. The molecular weight excluding hydrogens is 344 g/mol. The first kappa shape index (κ1) is 16.5. The first-order chi connectivity index (χ1) is 12.6. The van der Waals surface area contributed by atoms with E-state index < -0.39 is 0 Å². The number of aryl methyl sites for hydroxylation is 2. The number of nitrogens with zero attached hydrogens (tertiary/aromatic N) is 3. The highest BCUT2D eigenvalue weighted by Gasteiger charge is 2.24. The third kappa shape index (κ3) is 2.99. The Kier molecular flexibility index (Phi) is 4.26. The zero-order valence-electron chi connectivity index (χ0n) is 14.5. The van der Waals surface area contributed by atoms with E-state index in [1.165, 1.54) is 11.3 Å². The van der Waals surface area contributed by atoms with E-state index in [2.05, 4.69) is 10.3 Å². The van der Waals surface area contributed by atoms with Crippen LogP contribution in [0.3, 0.4) is 0 Å². The van der Waals surface area contributed by atoms with Crippen molar-refractivity contribution in [2.45, 2.75) is 13.0 Å². The molecule has 1 unspecified atom stereocenters. The van der Waals surface area contributed by atoms with E-state index in [1.807, 2.05) is 73.1 Å². The number of benzene rings is 2. The van der Waals surface area contributed by atoms with Gasteiger partial charge in [0.15, 0.2) is 0 Å². The maximum Gasteiger partial charge on any atom is 0.271 e. The Morgan fingerprint density at radius 3 is 2.50 bits per heavy atom. The predicted molar refractivity (Wildman–Crippen MR) is 103 cm³/mol. The van der Waals surface area contributed by atoms with Crippen LogP contribution in [0, 0.1) is 6.92 Å². The third-order valence-corrected chi connectivity index (χ3v) is 5.11. The molecule has 4 aromatic rings. The third-order valence-electron chi connectivity index (χ3n) is 4.34. The monoisotopic (exact) mass is 362 g/mol. The van der Waals surface area contributed by atoms with Gasteiger partial charge in [-0.25, -0.2) is 9.97 Å². The lowest BCUT2D eigenvalue weighted by Gasteiger charge is -2.18. The van der Waals surface area contributed by atoms with Gasteiger partial charge in [0.2, 0.25) is 0 Å². The van der Waals surface area contributed by atoms with Gasteiger partial charge in [-0.05, 0) is 24.6 Å². The van der Waals surface area contributed by atoms with Crippen LogP contribution in [0.25, 0.3) is 11.0 Å². The molecule has 0 radical (unpaired) electrons. The zero-order chi connectivity index (χ0) is 18.1. The van der Waals surface area contributed by atoms with Gasteiger partial charge >= 0.3 is 0 Å². The normalized spacial score (nSPS) is 12.2. The average molecular weight is 362 g/mol. The fourth-order valence-corrected chi connectivity index (χ4v) is 3.63. The highest BCUT2D eigenvalue weighted by Crippen LogP contribution is 2.25. The predicted octanol–water partition coefficient (Wildman–Crippen LogP) is 3.86. The fourth-order valence-electron chi connectivity index (χ4n) is 3.04. The van der Waals surface area contributed by atoms with Gasteiger partial charge in [-0.2, -0.15) is 0 Å². The number of thiazole rings is 1. The Morgan fingerprint density at radius 1 is 1.08 bits per heavy atom. The molecule has 5 nitrogen and oxygen atoms in total. The van der Waals surface area contributed by atoms with Crippen LogP contribution in [0.1, 0.15) is 32.9 Å². The van der Waals surface area contributed by atoms with Crippen molar-refractivity contribution >= 4 is 28.3 Å². The molecule has 1 atom stereocenters. The van der Waals surface area contributed by atoms with Gasteiger partial charge in [-0.3, -0.25) is 4.79 Å². The number of rotatable bonds is 4. The summed E-state index contributed by atoms with van der Waals surface area (Å²) >= 11 is 1.47. The van der Waals surface area contributed by atoms with E-state index in [0.717, 1.165) is 27.4 Å². The topological polar surface area (TPSA) is 59.8 Å². The molecule has 26 heavy (non-hydrogen) atoms. The average Bonchev–Trinajstić information content (AvgIpc) is 3.24. The Labute approximate surface area is 155 Å². The highest BCUT2D eigenvalue weighted by atomic mass is 32.1. The molecule has 0 saturated carbocycles. The summed E-state index contributed by atoms with van der Waals surface area (Å²) in [6.45, 7) is 1.89. The lowest BCUT2D eigenvalue weighted by molar-refractivity contribution is 0.0936. The van der Waals surface area contributed by atoms with Crippen LogP contribution in [0.15, 0.2) is 60.0 Å². The second-order valence-electron chi connectivity index (χ2n) is 6.09. The van der Waals surface area contributed by atoms with Crippen molar-refractivity contribution in [2.75, 3.05) is 0 Å². The van der Waals surface area contributed by atoms with Crippen molar-refractivity contribution in [1.29, 1.82) is 0 Å². The molecule has 1 N–H and O–H groups in total. The molecule has 0 saturated heterocycles. The number of imidazole rings is 1. The van der Waals surface area contributed by atoms with Crippen LogP contribution in [-0.2, 0) is 7.05 Å². The Bertz CT molecular complexity index is 1070. The summed E-state index contributed by atoms with van der Waals surface area (Å²) in [6, 6.07) is 17.5. The molecule has 0 aliphatic heterocycles. The van der Waals surface area contributed by atoms with Gasteiger partial charge in [0.25, 0.3) is 5.91 Å². The molecule has 0 aliphatic carbocycles. The van der Waals surface area contributed by atoms with Crippen molar-refractivity contribution < 1.29 is 4.79 Å². The Morgan fingerprint density at radius 2 is 1.81 bits per heavy atom. The second kappa shape index (κ2) is 6.72. The molecule has 2 heterocycles. The molecule has 2 aromatic heterocycles. The smallest absolute Gasteiger partial charge is 0.271 e. The molecule has 0 aliphatic rings. The summed E-state index contributed by atoms with van der Waals surface area (Å²) in [7, 11) is 1.97. The standard InChI is InChI=1S/C20H18N4OS/c1-13-21-16(12-26-13)20(25)23-18(14-8-4-3-5-9-14)19-22-15-10-6-7-11-17(15)24(19)2/h3-12,18H,1-2H3,(H,23,25). The second-order valence-corrected chi connectivity index (χ2v) is 7.15. The summed E-state index contributed by atoms with van der Waals surface area (Å²) in [5.41, 5.74) is 3.35. The Balaban J connectivity index is 1.78. The van der Waals surface area contributed by atoms with Crippen LogP contribution >= 0.6 is 11.3 Å². The van der Waals surface area contributed by atoms with Gasteiger partial charge in [0.1, 0.15) is 17.6 Å². The molecule has 0 spiro atoms. The summed E-state index contributed by atoms with van der Waals surface area (Å²) in [5.74, 6) is 0.591. The molecule has 130 valence electrons. The maximum absolute atomic E-state index is 12.7. The number of fused-ring (bicyclic) bond motifs is 1. The van der Waals surface area contributed by atoms with Crippen LogP contribution < -0.4 is 5.32 Å². The molecule has 1 amide bonds. The fraction of sp³-hybridized carbons (Fsp3) is 0.150. The highest BCUT2D eigenvalue weighted by molar-refractivity contribution is 7.09. The Hall–Kier alpha value is -2.99. The van der Waals surface area contributed by atoms with E-state index in [-0.39, 0.29) is 11.9 Å². The van der Waals surface area contributed by atoms with Gasteiger partial charge in [-0.1, -0.05) is 42.5 Å². The number of amides is 1. The number of aromatic nitrogens is 3. The summed E-state index contributed by atoms with van der Waals surface area (Å²) in [5, 5.41) is 5.75. The SMILES string of the molecule is Cc1nc(C(=O)NC(c2ccccc2)c2nc3ccccc3n2C)cs1. The molecule has 0 bridgehead atoms. The van der Waals surface area contributed by atoms with Gasteiger partial charge in [0, 0.05) is 12.4 Å². The number of nitrogens with one attached hydrogen (secondary N) is 1. The number of hydrogen-bond donors (Lipinski definition) is 1. The van der Waals surface area contributed by atoms with Crippen molar-refractivity contribution in [3.05, 3.63) is 82.1 Å². The zero-order valence-corrected chi connectivity index (χ0v) is 15.3. The summed E-state index contributed by atoms with van der Waals surface area (Å²) in [4.78, 5) is 21.8. The van der Waals surface area contributed by atoms with Gasteiger partial charge in [0.05, 0.1) is 16.0 Å².